The van der Waals surface area contributed by atoms with E-state index in [0.717, 1.165) is 54.2 Å². The van der Waals surface area contributed by atoms with Gasteiger partial charge in [0.1, 0.15) is 10.8 Å². The van der Waals surface area contributed by atoms with Gasteiger partial charge in [0, 0.05) is 34.8 Å². The zero-order valence-corrected chi connectivity index (χ0v) is 21.2. The molecule has 0 radical (unpaired) electrons. The Hall–Kier alpha value is -2.81. The van der Waals surface area contributed by atoms with Gasteiger partial charge < -0.3 is 26.2 Å². The largest absolute Gasteiger partial charge is 0.490 e. The lowest BCUT2D eigenvalue weighted by Gasteiger charge is -2.41. The average molecular weight is 560 g/mol. The number of ether oxygens (including phenoxy) is 1. The number of anilines is 2. The molecule has 37 heavy (non-hydrogen) atoms. The highest BCUT2D eigenvalue weighted by Gasteiger charge is 2.47. The molecule has 2 saturated heterocycles. The topological polar surface area (TPSA) is 156 Å². The number of aromatic nitrogens is 4. The molecule has 0 aliphatic carbocycles. The predicted octanol–water partition coefficient (Wildman–Crippen LogP) is 3.71. The highest BCUT2D eigenvalue weighted by Crippen LogP contribution is 2.42. The molecule has 2 fully saturated rings. The molecular formula is C22H25ClF3N7O3S. The smallest absolute Gasteiger partial charge is 0.475 e. The van der Waals surface area contributed by atoms with Gasteiger partial charge in [0.2, 0.25) is 0 Å². The van der Waals surface area contributed by atoms with E-state index in [4.69, 9.17) is 37.7 Å². The Bertz CT molecular complexity index is 1280. The number of nitrogen functional groups attached to an aromatic ring is 1. The lowest BCUT2D eigenvalue weighted by Crippen LogP contribution is -2.50. The second kappa shape index (κ2) is 10.5. The summed E-state index contributed by atoms with van der Waals surface area (Å²) in [5, 5.41) is 16.2. The second-order valence-electron chi connectivity index (χ2n) is 8.92. The first-order chi connectivity index (χ1) is 17.4. The molecule has 15 heteroatoms. The van der Waals surface area contributed by atoms with Gasteiger partial charge in [-0.25, -0.2) is 14.8 Å². The van der Waals surface area contributed by atoms with Gasteiger partial charge in [-0.3, -0.25) is 5.10 Å². The first-order valence-corrected chi connectivity index (χ1v) is 12.4. The van der Waals surface area contributed by atoms with Crippen molar-refractivity contribution in [2.45, 2.75) is 48.0 Å². The Morgan fingerprint density at radius 1 is 1.32 bits per heavy atom. The van der Waals surface area contributed by atoms with E-state index in [1.165, 1.54) is 11.8 Å². The molecule has 6 N–H and O–H groups in total. The zero-order valence-electron chi connectivity index (χ0n) is 19.6. The van der Waals surface area contributed by atoms with E-state index in [1.807, 2.05) is 12.1 Å². The summed E-state index contributed by atoms with van der Waals surface area (Å²) in [6.07, 6.45) is 0.504. The van der Waals surface area contributed by atoms with Crippen molar-refractivity contribution in [3.8, 4) is 0 Å². The number of nitrogens with zero attached hydrogens (tertiary/aromatic N) is 4. The summed E-state index contributed by atoms with van der Waals surface area (Å²) < 4.78 is 37.5. The van der Waals surface area contributed by atoms with Gasteiger partial charge >= 0.3 is 12.1 Å². The number of rotatable bonds is 3. The number of piperidine rings is 1. The van der Waals surface area contributed by atoms with Crippen molar-refractivity contribution in [2.24, 2.45) is 11.1 Å². The minimum atomic E-state index is -5.08. The lowest BCUT2D eigenvalue weighted by atomic mass is 9.73. The van der Waals surface area contributed by atoms with Crippen LogP contribution in [-0.2, 0) is 9.53 Å². The minimum Gasteiger partial charge on any atom is -0.475 e. The molecule has 0 amide bonds. The third-order valence-corrected chi connectivity index (χ3v) is 8.24. The van der Waals surface area contributed by atoms with Crippen LogP contribution in [0.2, 0.25) is 5.02 Å². The van der Waals surface area contributed by atoms with Crippen molar-refractivity contribution < 1.29 is 27.8 Å². The number of halogens is 4. The molecule has 10 nitrogen and oxygen atoms in total. The van der Waals surface area contributed by atoms with Crippen molar-refractivity contribution in [2.75, 3.05) is 30.3 Å². The van der Waals surface area contributed by atoms with Crippen molar-refractivity contribution in [3.05, 3.63) is 29.5 Å². The number of hydrogen-bond acceptors (Lipinski definition) is 9. The van der Waals surface area contributed by atoms with E-state index in [9.17, 15) is 13.2 Å². The van der Waals surface area contributed by atoms with Crippen LogP contribution in [0.15, 0.2) is 34.4 Å². The van der Waals surface area contributed by atoms with Crippen LogP contribution in [0.5, 0.6) is 0 Å². The van der Waals surface area contributed by atoms with Crippen molar-refractivity contribution >= 4 is 51.9 Å². The van der Waals surface area contributed by atoms with Crippen LogP contribution in [-0.4, -0.2) is 69.3 Å². The maximum atomic E-state index is 10.6. The molecule has 200 valence electrons. The molecule has 1 spiro atoms. The molecule has 5 rings (SSSR count). The number of aromatic amines is 1. The van der Waals surface area contributed by atoms with E-state index in [-0.39, 0.29) is 17.6 Å². The standard InChI is InChI=1S/C20H24ClN7OS.C2HF3O2/c1-11-17(22)20(10-29-11)4-6-28(7-5-20)15-9-24-19(18(23)26-15)30-14-3-2-13-12(16(14)21)8-25-27-13;3-2(4,5)1(6)7/h2-3,8-9,11,17H,4-7,10,22H2,1H3,(H2,23,26)(H,25,27);(H,6,7)/t11-,17+;/m0./s1. The fourth-order valence-electron chi connectivity index (χ4n) is 4.41. The summed E-state index contributed by atoms with van der Waals surface area (Å²) in [5.74, 6) is -1.56. The van der Waals surface area contributed by atoms with Gasteiger partial charge in [-0.1, -0.05) is 23.4 Å². The molecule has 3 aromatic rings. The highest BCUT2D eigenvalue weighted by atomic mass is 35.5. The summed E-state index contributed by atoms with van der Waals surface area (Å²) in [6, 6.07) is 3.96. The first-order valence-electron chi connectivity index (χ1n) is 11.3. The molecule has 0 saturated carbocycles. The number of carboxylic acids is 1. The number of alkyl halides is 3. The van der Waals surface area contributed by atoms with Crippen LogP contribution in [0.4, 0.5) is 24.8 Å². The zero-order chi connectivity index (χ0) is 27.0. The fraction of sp³-hybridized carbons (Fsp3) is 0.455. The first kappa shape index (κ1) is 27.2. The maximum absolute atomic E-state index is 10.6. The van der Waals surface area contributed by atoms with Crippen molar-refractivity contribution in [3.63, 3.8) is 0 Å². The molecule has 2 aromatic heterocycles. The summed E-state index contributed by atoms with van der Waals surface area (Å²) in [7, 11) is 0. The summed E-state index contributed by atoms with van der Waals surface area (Å²) in [5.41, 5.74) is 13.6. The number of H-pyrrole nitrogens is 1. The Kier molecular flexibility index (Phi) is 7.74. The van der Waals surface area contributed by atoms with Crippen LogP contribution in [0.3, 0.4) is 0 Å². The Balaban J connectivity index is 0.000000405. The lowest BCUT2D eigenvalue weighted by molar-refractivity contribution is -0.192. The molecule has 2 atom stereocenters. The second-order valence-corrected chi connectivity index (χ2v) is 10.3. The molecule has 2 aliphatic heterocycles. The van der Waals surface area contributed by atoms with Gasteiger partial charge in [-0.15, -0.1) is 0 Å². The third-order valence-electron chi connectivity index (χ3n) is 6.65. The number of carboxylic acid groups (broad SMARTS) is 1. The van der Waals surface area contributed by atoms with E-state index in [0.29, 0.717) is 15.9 Å². The number of nitrogens with one attached hydrogen (secondary N) is 1. The number of nitrogens with two attached hydrogens (primary N) is 2. The number of hydrogen-bond donors (Lipinski definition) is 4. The van der Waals surface area contributed by atoms with Crippen LogP contribution < -0.4 is 16.4 Å². The van der Waals surface area contributed by atoms with Gasteiger partial charge in [0.25, 0.3) is 0 Å². The minimum absolute atomic E-state index is 0.0765. The SMILES string of the molecule is C[C@@H]1OCC2(CCN(c3cnc(Sc4ccc5[nH]ncc5c4Cl)c(N)n3)CC2)[C@@H]1N.O=C(O)C(F)(F)F. The maximum Gasteiger partial charge on any atom is 0.490 e. The van der Waals surface area contributed by atoms with Gasteiger partial charge in [-0.05, 0) is 31.9 Å². The van der Waals surface area contributed by atoms with Crippen LogP contribution in [0.1, 0.15) is 19.8 Å². The quantitative estimate of drug-likeness (QED) is 0.373. The number of carbonyl (C=O) groups is 1. The summed E-state index contributed by atoms with van der Waals surface area (Å²) in [6.45, 7) is 4.54. The highest BCUT2D eigenvalue weighted by molar-refractivity contribution is 7.99. The summed E-state index contributed by atoms with van der Waals surface area (Å²) in [4.78, 5) is 21.2. The Labute approximate surface area is 218 Å². The van der Waals surface area contributed by atoms with Gasteiger partial charge in [0.15, 0.2) is 5.82 Å². The van der Waals surface area contributed by atoms with Crippen molar-refractivity contribution in [1.82, 2.24) is 20.2 Å². The number of benzene rings is 1. The number of aliphatic carboxylic acids is 1. The normalized spacial score (nSPS) is 21.2. The summed E-state index contributed by atoms with van der Waals surface area (Å²) >= 11 is 7.93. The average Bonchev–Trinajstić information content (AvgIpc) is 3.44. The van der Waals surface area contributed by atoms with Gasteiger partial charge in [-0.2, -0.15) is 18.3 Å². The molecule has 0 bridgehead atoms. The van der Waals surface area contributed by atoms with Crippen molar-refractivity contribution in [1.29, 1.82) is 0 Å². The molecule has 2 aliphatic rings. The molecule has 1 aromatic carbocycles. The third kappa shape index (κ3) is 5.71. The monoisotopic (exact) mass is 559 g/mol. The van der Waals surface area contributed by atoms with Crippen LogP contribution >= 0.6 is 23.4 Å². The van der Waals surface area contributed by atoms with Gasteiger partial charge in [0.05, 0.1) is 35.6 Å². The number of fused-ring (bicyclic) bond motifs is 1. The van der Waals surface area contributed by atoms with Crippen LogP contribution in [0.25, 0.3) is 10.9 Å². The van der Waals surface area contributed by atoms with E-state index in [1.54, 1.807) is 12.4 Å². The molecule has 0 unspecified atom stereocenters. The molecular weight excluding hydrogens is 535 g/mol. The Morgan fingerprint density at radius 3 is 2.57 bits per heavy atom. The van der Waals surface area contributed by atoms with E-state index >= 15 is 0 Å². The molecule has 4 heterocycles. The van der Waals surface area contributed by atoms with E-state index < -0.39 is 12.1 Å². The Morgan fingerprint density at radius 2 is 2.00 bits per heavy atom. The fourth-order valence-corrected chi connectivity index (χ4v) is 5.54. The van der Waals surface area contributed by atoms with E-state index in [2.05, 4.69) is 32.0 Å². The van der Waals surface area contributed by atoms with Crippen LogP contribution in [0, 0.1) is 5.41 Å². The predicted molar refractivity (Wildman–Crippen MR) is 133 cm³/mol.